The van der Waals surface area contributed by atoms with Crippen molar-refractivity contribution in [3.05, 3.63) is 28.8 Å². The molecule has 0 bridgehead atoms. The lowest BCUT2D eigenvalue weighted by molar-refractivity contribution is 0.0195. The maximum atomic E-state index is 12.3. The highest BCUT2D eigenvalue weighted by molar-refractivity contribution is 5.86. The minimum absolute atomic E-state index is 0.0250. The number of aromatic nitrogens is 2. The van der Waals surface area contributed by atoms with Gasteiger partial charge in [0.25, 0.3) is 5.56 Å². The highest BCUT2D eigenvalue weighted by Gasteiger charge is 2.36. The summed E-state index contributed by atoms with van der Waals surface area (Å²) in [5, 5.41) is 0.532. The van der Waals surface area contributed by atoms with Crippen LogP contribution in [0.2, 0.25) is 0 Å². The Balaban J connectivity index is 1.60. The minimum atomic E-state index is -0.517. The van der Waals surface area contributed by atoms with Gasteiger partial charge in [-0.05, 0) is 26.8 Å². The molecule has 26 heavy (non-hydrogen) atoms. The van der Waals surface area contributed by atoms with Gasteiger partial charge in [0, 0.05) is 25.7 Å². The molecule has 4 rings (SSSR count). The number of anilines is 1. The molecule has 8 nitrogen and oxygen atoms in total. The number of hydrogen-bond acceptors (Lipinski definition) is 6. The number of carbonyl (C=O) groups excluding carboxylic acids is 1. The summed E-state index contributed by atoms with van der Waals surface area (Å²) in [6, 6.07) is 3.65. The summed E-state index contributed by atoms with van der Waals surface area (Å²) in [5.41, 5.74) is 0.790. The van der Waals surface area contributed by atoms with Crippen LogP contribution in [0.1, 0.15) is 20.8 Å². The molecule has 2 aliphatic heterocycles. The maximum Gasteiger partial charge on any atom is 0.410 e. The van der Waals surface area contributed by atoms with Gasteiger partial charge in [-0.1, -0.05) is 0 Å². The van der Waals surface area contributed by atoms with Gasteiger partial charge in [0.05, 0.1) is 29.0 Å². The standard InChI is InChI=1S/C18H22N4O4/c1-18(2,3)26-17(24)21-4-5-22-11(8-21)9-25-15-7-13-12(6-14(15)22)16(23)20-10-19-13/h6-7,10-11H,4-5,8-9H2,1-3H3,(H,19,20,23)/t11-/m1/s1. The third-order valence-electron chi connectivity index (χ3n) is 4.60. The molecule has 0 unspecified atom stereocenters. The van der Waals surface area contributed by atoms with Crippen LogP contribution < -0.4 is 15.2 Å². The maximum absolute atomic E-state index is 12.3. The molecule has 138 valence electrons. The summed E-state index contributed by atoms with van der Waals surface area (Å²) < 4.78 is 11.4. The third-order valence-corrected chi connectivity index (χ3v) is 4.60. The van der Waals surface area contributed by atoms with E-state index in [1.54, 1.807) is 11.0 Å². The highest BCUT2D eigenvalue weighted by atomic mass is 16.6. The Hall–Kier alpha value is -2.77. The monoisotopic (exact) mass is 358 g/mol. The third kappa shape index (κ3) is 2.95. The predicted octanol–water partition coefficient (Wildman–Crippen LogP) is 1.74. The Labute approximate surface area is 150 Å². The molecule has 2 aromatic rings. The van der Waals surface area contributed by atoms with E-state index in [1.165, 1.54) is 6.33 Å². The van der Waals surface area contributed by atoms with Crippen LogP contribution in [0.5, 0.6) is 5.75 Å². The van der Waals surface area contributed by atoms with Gasteiger partial charge >= 0.3 is 6.09 Å². The van der Waals surface area contributed by atoms with E-state index in [2.05, 4.69) is 14.9 Å². The summed E-state index contributed by atoms with van der Waals surface area (Å²) in [6.45, 7) is 7.79. The van der Waals surface area contributed by atoms with Crippen LogP contribution in [0.3, 0.4) is 0 Å². The Morgan fingerprint density at radius 3 is 2.92 bits per heavy atom. The molecule has 3 heterocycles. The van der Waals surface area contributed by atoms with Crippen LogP contribution in [0.15, 0.2) is 23.3 Å². The molecule has 2 aliphatic rings. The number of amides is 1. The summed E-state index contributed by atoms with van der Waals surface area (Å²) in [6.07, 6.45) is 1.09. The van der Waals surface area contributed by atoms with Crippen molar-refractivity contribution in [2.75, 3.05) is 31.1 Å². The van der Waals surface area contributed by atoms with Crippen molar-refractivity contribution in [1.29, 1.82) is 0 Å². The van der Waals surface area contributed by atoms with E-state index in [-0.39, 0.29) is 17.7 Å². The molecule has 0 radical (unpaired) electrons. The lowest BCUT2D eigenvalue weighted by Crippen LogP contribution is -2.59. The number of hydrogen-bond donors (Lipinski definition) is 1. The fraction of sp³-hybridized carbons (Fsp3) is 0.500. The quantitative estimate of drug-likeness (QED) is 0.772. The van der Waals surface area contributed by atoms with E-state index in [4.69, 9.17) is 9.47 Å². The fourth-order valence-electron chi connectivity index (χ4n) is 3.42. The highest BCUT2D eigenvalue weighted by Crippen LogP contribution is 2.37. The second-order valence-corrected chi connectivity index (χ2v) is 7.65. The van der Waals surface area contributed by atoms with Crippen molar-refractivity contribution in [3.63, 3.8) is 0 Å². The van der Waals surface area contributed by atoms with E-state index in [1.807, 2.05) is 26.8 Å². The molecule has 1 fully saturated rings. The van der Waals surface area contributed by atoms with Gasteiger partial charge in [-0.3, -0.25) is 4.79 Å². The number of ether oxygens (including phenoxy) is 2. The molecule has 1 N–H and O–H groups in total. The lowest BCUT2D eigenvalue weighted by Gasteiger charge is -2.45. The molecule has 1 aromatic heterocycles. The zero-order valence-electron chi connectivity index (χ0n) is 15.1. The van der Waals surface area contributed by atoms with Crippen molar-refractivity contribution in [3.8, 4) is 5.75 Å². The second-order valence-electron chi connectivity index (χ2n) is 7.65. The smallest absolute Gasteiger partial charge is 0.410 e. The average Bonchev–Trinajstić information content (AvgIpc) is 2.58. The van der Waals surface area contributed by atoms with Crippen LogP contribution >= 0.6 is 0 Å². The number of benzene rings is 1. The van der Waals surface area contributed by atoms with Crippen LogP contribution in [-0.4, -0.2) is 58.8 Å². The van der Waals surface area contributed by atoms with Gasteiger partial charge in [-0.2, -0.15) is 0 Å². The molecule has 0 saturated carbocycles. The fourth-order valence-corrected chi connectivity index (χ4v) is 3.42. The first kappa shape index (κ1) is 16.7. The lowest BCUT2D eigenvalue weighted by atomic mass is 10.1. The number of carbonyl (C=O) groups is 1. The molecule has 1 atom stereocenters. The van der Waals surface area contributed by atoms with Crippen molar-refractivity contribution in [2.24, 2.45) is 0 Å². The van der Waals surface area contributed by atoms with Gasteiger partial charge in [0.15, 0.2) is 0 Å². The molecule has 1 amide bonds. The number of nitrogens with zero attached hydrogens (tertiary/aromatic N) is 3. The van der Waals surface area contributed by atoms with Crippen LogP contribution in [0.4, 0.5) is 10.5 Å². The number of fused-ring (bicyclic) bond motifs is 4. The Morgan fingerprint density at radius 1 is 1.35 bits per heavy atom. The number of H-pyrrole nitrogens is 1. The molecule has 0 aliphatic carbocycles. The molecule has 8 heteroatoms. The average molecular weight is 358 g/mol. The SMILES string of the molecule is CC(C)(C)OC(=O)N1CCN2c3cc4c(=O)[nH]cnc4cc3OC[C@H]2C1. The van der Waals surface area contributed by atoms with Crippen LogP contribution in [0, 0.1) is 0 Å². The minimum Gasteiger partial charge on any atom is -0.489 e. The summed E-state index contributed by atoms with van der Waals surface area (Å²) in [4.78, 5) is 35.1. The van der Waals surface area contributed by atoms with E-state index in [0.29, 0.717) is 37.1 Å². The first-order valence-electron chi connectivity index (χ1n) is 8.71. The van der Waals surface area contributed by atoms with Gasteiger partial charge in [-0.15, -0.1) is 0 Å². The molecule has 0 spiro atoms. The number of piperazine rings is 1. The first-order valence-corrected chi connectivity index (χ1v) is 8.71. The Kier molecular flexibility index (Phi) is 3.78. The van der Waals surface area contributed by atoms with Crippen molar-refractivity contribution >= 4 is 22.7 Å². The topological polar surface area (TPSA) is 87.8 Å². The molecular formula is C18H22N4O4. The van der Waals surface area contributed by atoms with Crippen LogP contribution in [-0.2, 0) is 4.74 Å². The molecular weight excluding hydrogens is 336 g/mol. The van der Waals surface area contributed by atoms with Crippen molar-refractivity contribution in [1.82, 2.24) is 14.9 Å². The van der Waals surface area contributed by atoms with Crippen LogP contribution in [0.25, 0.3) is 10.9 Å². The second kappa shape index (κ2) is 5.89. The van der Waals surface area contributed by atoms with Crippen molar-refractivity contribution < 1.29 is 14.3 Å². The zero-order chi connectivity index (χ0) is 18.5. The number of aromatic amines is 1. The van der Waals surface area contributed by atoms with Gasteiger partial charge < -0.3 is 24.3 Å². The largest absolute Gasteiger partial charge is 0.489 e. The normalized spacial score (nSPS) is 19.6. The summed E-state index contributed by atoms with van der Waals surface area (Å²) >= 11 is 0. The molecule has 1 saturated heterocycles. The van der Waals surface area contributed by atoms with Gasteiger partial charge in [-0.25, -0.2) is 9.78 Å². The predicted molar refractivity (Wildman–Crippen MR) is 96.8 cm³/mol. The first-order chi connectivity index (χ1) is 12.3. The van der Waals surface area contributed by atoms with E-state index in [9.17, 15) is 9.59 Å². The van der Waals surface area contributed by atoms with E-state index < -0.39 is 5.60 Å². The van der Waals surface area contributed by atoms with Gasteiger partial charge in [0.2, 0.25) is 0 Å². The van der Waals surface area contributed by atoms with E-state index >= 15 is 0 Å². The van der Waals surface area contributed by atoms with E-state index in [0.717, 1.165) is 11.4 Å². The number of rotatable bonds is 0. The Bertz CT molecular complexity index is 918. The van der Waals surface area contributed by atoms with Crippen molar-refractivity contribution in [2.45, 2.75) is 32.4 Å². The van der Waals surface area contributed by atoms with Gasteiger partial charge in [0.1, 0.15) is 18.0 Å². The summed E-state index contributed by atoms with van der Waals surface area (Å²) in [5.74, 6) is 0.720. The molecule has 1 aromatic carbocycles. The summed E-state index contributed by atoms with van der Waals surface area (Å²) in [7, 11) is 0. The zero-order valence-corrected chi connectivity index (χ0v) is 15.1. The Morgan fingerprint density at radius 2 is 2.15 bits per heavy atom. The number of nitrogens with one attached hydrogen (secondary N) is 1.